The maximum absolute atomic E-state index is 11.6. The fraction of sp³-hybridized carbons (Fsp3) is 0.583. The summed E-state index contributed by atoms with van der Waals surface area (Å²) in [6, 6.07) is -2.71. The van der Waals surface area contributed by atoms with Crippen molar-refractivity contribution in [3.05, 3.63) is 0 Å². The van der Waals surface area contributed by atoms with Crippen molar-refractivity contribution in [3.8, 4) is 0 Å². The summed E-state index contributed by atoms with van der Waals surface area (Å²) in [4.78, 5) is 54.6. The van der Waals surface area contributed by atoms with E-state index in [0.717, 1.165) is 0 Å². The van der Waals surface area contributed by atoms with Crippen LogP contribution in [0.5, 0.6) is 0 Å². The molecule has 0 aromatic rings. The van der Waals surface area contributed by atoms with Crippen LogP contribution < -0.4 is 11.1 Å². The summed E-state index contributed by atoms with van der Waals surface area (Å²) in [7, 11) is 0. The van der Waals surface area contributed by atoms with E-state index in [1.165, 1.54) is 0 Å². The number of hydrogen-bond acceptors (Lipinski definition) is 7. The maximum Gasteiger partial charge on any atom is 0.327 e. The van der Waals surface area contributed by atoms with Gasteiger partial charge in [0.2, 0.25) is 5.91 Å². The van der Waals surface area contributed by atoms with Gasteiger partial charge in [-0.05, 0) is 6.42 Å². The van der Waals surface area contributed by atoms with Gasteiger partial charge < -0.3 is 31.5 Å². The minimum absolute atomic E-state index is 0.197. The molecular weight excluding hydrogens is 348 g/mol. The van der Waals surface area contributed by atoms with E-state index in [2.05, 4.69) is 5.32 Å². The van der Waals surface area contributed by atoms with Crippen molar-refractivity contribution in [2.24, 2.45) is 5.73 Å². The molecule has 0 spiro atoms. The number of amides is 1. The Kier molecular flexibility index (Phi) is 9.42. The van der Waals surface area contributed by atoms with Gasteiger partial charge in [-0.15, -0.1) is 11.8 Å². The molecule has 11 nitrogen and oxygen atoms in total. The second-order valence-corrected chi connectivity index (χ2v) is 5.94. The van der Waals surface area contributed by atoms with Crippen LogP contribution in [0.25, 0.3) is 0 Å². The molecule has 1 unspecified atom stereocenters. The fourth-order valence-electron chi connectivity index (χ4n) is 1.44. The van der Waals surface area contributed by atoms with Gasteiger partial charge >= 0.3 is 23.9 Å². The molecule has 0 aromatic carbocycles. The number of aliphatic carboxylic acids is 4. The van der Waals surface area contributed by atoms with Crippen LogP contribution in [0, 0.1) is 0 Å². The SMILES string of the molecule is N[C@@H](CCC(=O)N[C@@H](CSC(CC(=O)O)C(=O)O)C(=O)O)C(=O)O. The average Bonchev–Trinajstić information content (AvgIpc) is 2.46. The van der Waals surface area contributed by atoms with Crippen molar-refractivity contribution in [3.63, 3.8) is 0 Å². The molecule has 0 bridgehead atoms. The van der Waals surface area contributed by atoms with E-state index >= 15 is 0 Å². The van der Waals surface area contributed by atoms with Crippen LogP contribution >= 0.6 is 11.8 Å². The molecular formula is C12H18N2O9S. The number of hydrogen-bond donors (Lipinski definition) is 6. The van der Waals surface area contributed by atoms with Crippen molar-refractivity contribution in [2.45, 2.75) is 36.6 Å². The number of carboxylic acid groups (broad SMARTS) is 4. The topological polar surface area (TPSA) is 204 Å². The highest BCUT2D eigenvalue weighted by Gasteiger charge is 2.27. The van der Waals surface area contributed by atoms with E-state index in [1.54, 1.807) is 0 Å². The number of nitrogens with two attached hydrogens (primary N) is 1. The van der Waals surface area contributed by atoms with Crippen molar-refractivity contribution >= 4 is 41.5 Å². The van der Waals surface area contributed by atoms with Gasteiger partial charge in [0, 0.05) is 12.2 Å². The minimum Gasteiger partial charge on any atom is -0.481 e. The predicted molar refractivity (Wildman–Crippen MR) is 80.5 cm³/mol. The molecule has 0 fully saturated rings. The number of rotatable bonds is 12. The molecule has 7 N–H and O–H groups in total. The number of carbonyl (C=O) groups excluding carboxylic acids is 1. The summed E-state index contributed by atoms with van der Waals surface area (Å²) >= 11 is 0.571. The first kappa shape index (κ1) is 21.7. The van der Waals surface area contributed by atoms with Gasteiger partial charge in [-0.2, -0.15) is 0 Å². The minimum atomic E-state index is -1.45. The molecule has 0 rings (SSSR count). The van der Waals surface area contributed by atoms with Gasteiger partial charge in [-0.1, -0.05) is 0 Å². The lowest BCUT2D eigenvalue weighted by atomic mass is 10.1. The normalized spacial score (nSPS) is 14.2. The Hall–Kier alpha value is -2.34. The monoisotopic (exact) mass is 366 g/mol. The molecule has 0 aliphatic rings. The largest absolute Gasteiger partial charge is 0.481 e. The third-order valence-electron chi connectivity index (χ3n) is 2.73. The molecule has 3 atom stereocenters. The summed E-state index contributed by atoms with van der Waals surface area (Å²) in [6.07, 6.45) is -1.22. The first-order valence-corrected chi connectivity index (χ1v) is 7.66. The summed E-state index contributed by atoms with van der Waals surface area (Å²) in [6.45, 7) is 0. The van der Waals surface area contributed by atoms with Gasteiger partial charge in [-0.25, -0.2) is 4.79 Å². The Balaban J connectivity index is 4.56. The van der Waals surface area contributed by atoms with E-state index < -0.39 is 53.5 Å². The summed E-state index contributed by atoms with van der Waals surface area (Å²) in [5.74, 6) is -6.62. The molecule has 0 aliphatic carbocycles. The standard InChI is InChI=1S/C12H18N2O9S/c13-5(10(18)19)1-2-8(15)14-6(11(20)21)4-24-7(12(22)23)3-9(16)17/h5-7H,1-4,13H2,(H,14,15)(H,16,17)(H,18,19)(H,20,21)(H,22,23)/t5-,6-,7?/m0/s1. The van der Waals surface area contributed by atoms with Crippen LogP contribution in [-0.2, 0) is 24.0 Å². The summed E-state index contributed by atoms with van der Waals surface area (Å²) in [5.41, 5.74) is 5.21. The molecule has 0 heterocycles. The molecule has 0 radical (unpaired) electrons. The van der Waals surface area contributed by atoms with Crippen LogP contribution in [0.15, 0.2) is 0 Å². The van der Waals surface area contributed by atoms with Gasteiger partial charge in [-0.3, -0.25) is 19.2 Å². The zero-order valence-corrected chi connectivity index (χ0v) is 13.2. The number of carboxylic acids is 4. The van der Waals surface area contributed by atoms with Gasteiger partial charge in [0.15, 0.2) is 0 Å². The second-order valence-electron chi connectivity index (χ2n) is 4.70. The van der Waals surface area contributed by atoms with Crippen LogP contribution in [-0.4, -0.2) is 73.3 Å². The van der Waals surface area contributed by atoms with Gasteiger partial charge in [0.1, 0.15) is 17.3 Å². The Morgan fingerprint density at radius 2 is 1.54 bits per heavy atom. The third-order valence-corrected chi connectivity index (χ3v) is 4.03. The van der Waals surface area contributed by atoms with Crippen LogP contribution in [0.3, 0.4) is 0 Å². The molecule has 0 aliphatic heterocycles. The first-order chi connectivity index (χ1) is 11.0. The number of carbonyl (C=O) groups is 5. The Bertz CT molecular complexity index is 511. The van der Waals surface area contributed by atoms with E-state index in [1.807, 2.05) is 0 Å². The van der Waals surface area contributed by atoms with E-state index in [9.17, 15) is 24.0 Å². The van der Waals surface area contributed by atoms with E-state index in [0.29, 0.717) is 11.8 Å². The molecule has 136 valence electrons. The van der Waals surface area contributed by atoms with Crippen molar-refractivity contribution in [1.29, 1.82) is 0 Å². The van der Waals surface area contributed by atoms with E-state index in [-0.39, 0.29) is 18.6 Å². The molecule has 24 heavy (non-hydrogen) atoms. The summed E-state index contributed by atoms with van der Waals surface area (Å²) < 4.78 is 0. The van der Waals surface area contributed by atoms with Crippen LogP contribution in [0.1, 0.15) is 19.3 Å². The third kappa shape index (κ3) is 8.95. The zero-order chi connectivity index (χ0) is 18.9. The molecule has 0 saturated heterocycles. The highest BCUT2D eigenvalue weighted by atomic mass is 32.2. The van der Waals surface area contributed by atoms with E-state index in [4.69, 9.17) is 26.2 Å². The molecule has 12 heteroatoms. The average molecular weight is 366 g/mol. The van der Waals surface area contributed by atoms with Crippen LogP contribution in [0.4, 0.5) is 0 Å². The highest BCUT2D eigenvalue weighted by molar-refractivity contribution is 8.00. The Morgan fingerprint density at radius 1 is 0.958 bits per heavy atom. The van der Waals surface area contributed by atoms with Gasteiger partial charge in [0.05, 0.1) is 6.42 Å². The Labute approximate surface area is 140 Å². The maximum atomic E-state index is 11.6. The van der Waals surface area contributed by atoms with Crippen molar-refractivity contribution in [2.75, 3.05) is 5.75 Å². The highest BCUT2D eigenvalue weighted by Crippen LogP contribution is 2.16. The lowest BCUT2D eigenvalue weighted by Gasteiger charge is -2.17. The number of thioether (sulfide) groups is 1. The summed E-state index contributed by atoms with van der Waals surface area (Å²) in [5, 5.41) is 35.8. The second kappa shape index (κ2) is 10.4. The first-order valence-electron chi connectivity index (χ1n) is 6.61. The lowest BCUT2D eigenvalue weighted by Crippen LogP contribution is -2.44. The van der Waals surface area contributed by atoms with Crippen molar-refractivity contribution < 1.29 is 44.4 Å². The molecule has 1 amide bonds. The predicted octanol–water partition coefficient (Wildman–Crippen LogP) is -1.59. The fourth-order valence-corrected chi connectivity index (χ4v) is 2.49. The Morgan fingerprint density at radius 3 is 1.96 bits per heavy atom. The quantitative estimate of drug-likeness (QED) is 0.232. The zero-order valence-electron chi connectivity index (χ0n) is 12.4. The molecule has 0 aromatic heterocycles. The van der Waals surface area contributed by atoms with Crippen LogP contribution in [0.2, 0.25) is 0 Å². The number of nitrogens with one attached hydrogen (secondary N) is 1. The smallest absolute Gasteiger partial charge is 0.327 e. The lowest BCUT2D eigenvalue weighted by molar-refractivity contribution is -0.143. The van der Waals surface area contributed by atoms with Crippen molar-refractivity contribution in [1.82, 2.24) is 5.32 Å². The van der Waals surface area contributed by atoms with Gasteiger partial charge in [0.25, 0.3) is 0 Å². The molecule has 0 saturated carbocycles.